The molecular formula is C16H14ClF3O. The molecule has 2 rings (SSSR count). The molecule has 0 saturated heterocycles. The molecule has 0 aliphatic rings. The van der Waals surface area contributed by atoms with Crippen LogP contribution in [0.25, 0.3) is 0 Å². The molecule has 0 saturated carbocycles. The standard InChI is InChI=1S/C16H14ClF3O/c17-15-4-2-1-3-14(15)12(10-21)9-11-5-7-13(8-6-11)16(18,19)20/h1-8,12,21H,9-10H2. The molecule has 1 atom stereocenters. The maximum absolute atomic E-state index is 12.5. The molecule has 0 heterocycles. The number of aliphatic hydroxyl groups is 1. The lowest BCUT2D eigenvalue weighted by Gasteiger charge is -2.16. The fraction of sp³-hybridized carbons (Fsp3) is 0.250. The minimum atomic E-state index is -4.34. The minimum absolute atomic E-state index is 0.120. The van der Waals surface area contributed by atoms with E-state index in [9.17, 15) is 18.3 Å². The summed E-state index contributed by atoms with van der Waals surface area (Å²) in [5.41, 5.74) is 0.841. The molecule has 1 N–H and O–H groups in total. The van der Waals surface area contributed by atoms with Crippen molar-refractivity contribution in [3.8, 4) is 0 Å². The average Bonchev–Trinajstić information content (AvgIpc) is 2.45. The Morgan fingerprint density at radius 2 is 1.62 bits per heavy atom. The van der Waals surface area contributed by atoms with E-state index in [1.54, 1.807) is 12.1 Å². The Balaban J connectivity index is 2.18. The summed E-state index contributed by atoms with van der Waals surface area (Å²) in [6, 6.07) is 12.1. The van der Waals surface area contributed by atoms with Gasteiger partial charge in [0.15, 0.2) is 0 Å². The van der Waals surface area contributed by atoms with Crippen LogP contribution in [-0.2, 0) is 12.6 Å². The molecule has 0 radical (unpaired) electrons. The topological polar surface area (TPSA) is 20.2 Å². The summed E-state index contributed by atoms with van der Waals surface area (Å²) in [5.74, 6) is -0.240. The molecule has 21 heavy (non-hydrogen) atoms. The van der Waals surface area contributed by atoms with Gasteiger partial charge >= 0.3 is 6.18 Å². The van der Waals surface area contributed by atoms with Gasteiger partial charge in [0, 0.05) is 10.9 Å². The highest BCUT2D eigenvalue weighted by molar-refractivity contribution is 6.31. The van der Waals surface area contributed by atoms with Gasteiger partial charge in [0.25, 0.3) is 0 Å². The number of hydrogen-bond acceptors (Lipinski definition) is 1. The Bertz CT molecular complexity index is 593. The number of rotatable bonds is 4. The van der Waals surface area contributed by atoms with E-state index in [1.165, 1.54) is 12.1 Å². The van der Waals surface area contributed by atoms with Crippen molar-refractivity contribution in [2.75, 3.05) is 6.61 Å². The highest BCUT2D eigenvalue weighted by Gasteiger charge is 2.30. The lowest BCUT2D eigenvalue weighted by molar-refractivity contribution is -0.137. The minimum Gasteiger partial charge on any atom is -0.396 e. The fourth-order valence-electron chi connectivity index (χ4n) is 2.19. The molecule has 112 valence electrons. The van der Waals surface area contributed by atoms with Crippen LogP contribution in [-0.4, -0.2) is 11.7 Å². The highest BCUT2D eigenvalue weighted by atomic mass is 35.5. The van der Waals surface area contributed by atoms with E-state index in [0.717, 1.165) is 23.3 Å². The number of alkyl halides is 3. The number of aliphatic hydroxyl groups excluding tert-OH is 1. The number of hydrogen-bond donors (Lipinski definition) is 1. The average molecular weight is 315 g/mol. The van der Waals surface area contributed by atoms with E-state index < -0.39 is 11.7 Å². The van der Waals surface area contributed by atoms with Crippen LogP contribution in [0, 0.1) is 0 Å². The zero-order valence-electron chi connectivity index (χ0n) is 11.1. The van der Waals surface area contributed by atoms with Crippen LogP contribution in [0.1, 0.15) is 22.6 Å². The number of benzene rings is 2. The van der Waals surface area contributed by atoms with Crippen molar-refractivity contribution in [3.63, 3.8) is 0 Å². The van der Waals surface area contributed by atoms with Crippen molar-refractivity contribution >= 4 is 11.6 Å². The van der Waals surface area contributed by atoms with Crippen LogP contribution in [0.15, 0.2) is 48.5 Å². The Kier molecular flexibility index (Phi) is 4.91. The lowest BCUT2D eigenvalue weighted by atomic mass is 9.92. The van der Waals surface area contributed by atoms with Crippen LogP contribution in [0.4, 0.5) is 13.2 Å². The second-order valence-electron chi connectivity index (χ2n) is 4.80. The molecule has 0 bridgehead atoms. The molecule has 1 unspecified atom stereocenters. The molecule has 0 aliphatic heterocycles. The van der Waals surface area contributed by atoms with E-state index in [4.69, 9.17) is 11.6 Å². The van der Waals surface area contributed by atoms with Crippen molar-refractivity contribution in [3.05, 3.63) is 70.2 Å². The van der Waals surface area contributed by atoms with Crippen molar-refractivity contribution < 1.29 is 18.3 Å². The second-order valence-corrected chi connectivity index (χ2v) is 5.21. The lowest BCUT2D eigenvalue weighted by Crippen LogP contribution is -2.09. The SMILES string of the molecule is OCC(Cc1ccc(C(F)(F)F)cc1)c1ccccc1Cl. The maximum atomic E-state index is 12.5. The molecule has 0 aliphatic carbocycles. The smallest absolute Gasteiger partial charge is 0.396 e. The third-order valence-electron chi connectivity index (χ3n) is 3.33. The van der Waals surface area contributed by atoms with E-state index >= 15 is 0 Å². The largest absolute Gasteiger partial charge is 0.416 e. The van der Waals surface area contributed by atoms with Gasteiger partial charge in [-0.25, -0.2) is 0 Å². The monoisotopic (exact) mass is 314 g/mol. The van der Waals surface area contributed by atoms with Crippen molar-refractivity contribution in [2.45, 2.75) is 18.5 Å². The quantitative estimate of drug-likeness (QED) is 0.869. The van der Waals surface area contributed by atoms with E-state index in [2.05, 4.69) is 0 Å². The zero-order chi connectivity index (χ0) is 15.5. The normalized spacial score (nSPS) is 13.2. The third-order valence-corrected chi connectivity index (χ3v) is 3.67. The molecule has 5 heteroatoms. The van der Waals surface area contributed by atoms with Gasteiger partial charge < -0.3 is 5.11 Å². The first-order valence-corrected chi connectivity index (χ1v) is 6.81. The van der Waals surface area contributed by atoms with Gasteiger partial charge in [-0.1, -0.05) is 41.9 Å². The summed E-state index contributed by atoms with van der Waals surface area (Å²) in [4.78, 5) is 0. The molecule has 1 nitrogen and oxygen atoms in total. The highest BCUT2D eigenvalue weighted by Crippen LogP contribution is 2.31. The van der Waals surface area contributed by atoms with Crippen LogP contribution in [0.5, 0.6) is 0 Å². The maximum Gasteiger partial charge on any atom is 0.416 e. The predicted octanol–water partition coefficient (Wildman–Crippen LogP) is 4.68. The van der Waals surface area contributed by atoms with Crippen LogP contribution in [0.2, 0.25) is 5.02 Å². The Morgan fingerprint density at radius 3 is 2.14 bits per heavy atom. The van der Waals surface area contributed by atoms with Crippen molar-refractivity contribution in [1.82, 2.24) is 0 Å². The first kappa shape index (κ1) is 15.9. The molecule has 2 aromatic rings. The summed E-state index contributed by atoms with van der Waals surface area (Å²) in [6.07, 6.45) is -3.91. The summed E-state index contributed by atoms with van der Waals surface area (Å²) in [5, 5.41) is 10.1. The van der Waals surface area contributed by atoms with Crippen molar-refractivity contribution in [2.24, 2.45) is 0 Å². The van der Waals surface area contributed by atoms with Gasteiger partial charge in [-0.3, -0.25) is 0 Å². The third kappa shape index (κ3) is 3.99. The molecule has 0 spiro atoms. The van der Waals surface area contributed by atoms with Gasteiger partial charge in [0.1, 0.15) is 0 Å². The molecular weight excluding hydrogens is 301 g/mol. The molecule has 0 amide bonds. The Morgan fingerprint density at radius 1 is 1.00 bits per heavy atom. The van der Waals surface area contributed by atoms with E-state index in [-0.39, 0.29) is 12.5 Å². The Labute approximate surface area is 126 Å². The van der Waals surface area contributed by atoms with Crippen LogP contribution in [0.3, 0.4) is 0 Å². The molecule has 2 aromatic carbocycles. The summed E-state index contributed by atoms with van der Waals surface area (Å²) in [6.45, 7) is -0.120. The van der Waals surface area contributed by atoms with Crippen LogP contribution < -0.4 is 0 Å². The van der Waals surface area contributed by atoms with Crippen molar-refractivity contribution in [1.29, 1.82) is 0 Å². The first-order valence-electron chi connectivity index (χ1n) is 6.43. The molecule has 0 fully saturated rings. The zero-order valence-corrected chi connectivity index (χ0v) is 11.8. The van der Waals surface area contributed by atoms with Gasteiger partial charge in [-0.2, -0.15) is 13.2 Å². The fourth-order valence-corrected chi connectivity index (χ4v) is 2.48. The van der Waals surface area contributed by atoms with E-state index in [1.807, 2.05) is 12.1 Å². The summed E-state index contributed by atoms with van der Waals surface area (Å²) < 4.78 is 37.5. The second kappa shape index (κ2) is 6.50. The summed E-state index contributed by atoms with van der Waals surface area (Å²) in [7, 11) is 0. The van der Waals surface area contributed by atoms with Gasteiger partial charge in [0.05, 0.1) is 12.2 Å². The van der Waals surface area contributed by atoms with Crippen LogP contribution >= 0.6 is 11.6 Å². The van der Waals surface area contributed by atoms with Gasteiger partial charge in [0.2, 0.25) is 0 Å². The molecule has 0 aromatic heterocycles. The Hall–Kier alpha value is -1.52. The van der Waals surface area contributed by atoms with Gasteiger partial charge in [-0.05, 0) is 35.7 Å². The number of halogens is 4. The predicted molar refractivity (Wildman–Crippen MR) is 76.4 cm³/mol. The first-order chi connectivity index (χ1) is 9.91. The van der Waals surface area contributed by atoms with Gasteiger partial charge in [-0.15, -0.1) is 0 Å². The summed E-state index contributed by atoms with van der Waals surface area (Å²) >= 11 is 6.09. The van der Waals surface area contributed by atoms with E-state index in [0.29, 0.717) is 11.4 Å².